The minimum Gasteiger partial charge on any atom is -0.484 e. The maximum Gasteiger partial charge on any atom is 0.141 e. The molecule has 1 aliphatic rings. The maximum atomic E-state index is 12.6. The average molecular weight is 375 g/mol. The monoisotopic (exact) mass is 374 g/mol. The van der Waals surface area contributed by atoms with Crippen LogP contribution in [0.2, 0.25) is 5.02 Å². The van der Waals surface area contributed by atoms with E-state index in [2.05, 4.69) is 0 Å². The zero-order valence-electron chi connectivity index (χ0n) is 14.9. The maximum absolute atomic E-state index is 12.6. The third-order valence-corrected chi connectivity index (χ3v) is 5.09. The third-order valence-electron chi connectivity index (χ3n) is 4.85. The molecule has 1 aliphatic heterocycles. The average Bonchev–Trinajstić information content (AvgIpc) is 2.69. The van der Waals surface area contributed by atoms with Crippen LogP contribution >= 0.6 is 11.6 Å². The summed E-state index contributed by atoms with van der Waals surface area (Å²) in [7, 11) is 0. The van der Waals surface area contributed by atoms with Crippen molar-refractivity contribution < 1.29 is 9.53 Å². The van der Waals surface area contributed by atoms with Gasteiger partial charge in [-0.25, -0.2) is 0 Å². The Morgan fingerprint density at radius 3 is 2.30 bits per heavy atom. The molecule has 2 atom stereocenters. The van der Waals surface area contributed by atoms with Crippen LogP contribution in [0.25, 0.3) is 11.8 Å². The fraction of sp³-hybridized carbons (Fsp3) is 0.125. The van der Waals surface area contributed by atoms with Crippen molar-refractivity contribution in [2.24, 2.45) is 0 Å². The molecular formula is C24H19ClO2. The zero-order chi connectivity index (χ0) is 18.8. The number of ether oxygens (including phenoxy) is 1. The molecule has 1 heterocycles. The van der Waals surface area contributed by atoms with Crippen LogP contribution in [0.5, 0.6) is 0 Å². The number of Topliss-reactive ketones (excluding diaryl/α,β-unsaturated/α-hetero) is 1. The van der Waals surface area contributed by atoms with Gasteiger partial charge in [-0.1, -0.05) is 78.3 Å². The van der Waals surface area contributed by atoms with E-state index in [1.54, 1.807) is 6.92 Å². The molecule has 3 aromatic carbocycles. The number of halogens is 1. The predicted molar refractivity (Wildman–Crippen MR) is 109 cm³/mol. The molecule has 0 N–H and O–H groups in total. The summed E-state index contributed by atoms with van der Waals surface area (Å²) in [5, 5.41) is 0.664. The van der Waals surface area contributed by atoms with E-state index in [4.69, 9.17) is 16.3 Å². The molecule has 134 valence electrons. The molecule has 0 bridgehead atoms. The van der Waals surface area contributed by atoms with E-state index in [1.165, 1.54) is 0 Å². The van der Waals surface area contributed by atoms with E-state index in [1.807, 2.05) is 84.9 Å². The van der Waals surface area contributed by atoms with Crippen LogP contribution in [0.4, 0.5) is 0 Å². The van der Waals surface area contributed by atoms with Crippen molar-refractivity contribution in [2.75, 3.05) is 0 Å². The van der Waals surface area contributed by atoms with Gasteiger partial charge in [0.05, 0.1) is 5.92 Å². The Labute approximate surface area is 164 Å². The van der Waals surface area contributed by atoms with E-state index in [9.17, 15) is 4.79 Å². The lowest BCUT2D eigenvalue weighted by molar-refractivity contribution is -0.120. The first-order chi connectivity index (χ1) is 13.1. The number of hydrogen-bond donors (Lipinski definition) is 0. The molecule has 0 saturated heterocycles. The van der Waals surface area contributed by atoms with Gasteiger partial charge in [0, 0.05) is 16.1 Å². The SMILES string of the molecule is CC(=O)C(c1ccccc1)C1OC(c2ccccc2)=Cc2cc(Cl)ccc21. The van der Waals surface area contributed by atoms with Gasteiger partial charge in [0.15, 0.2) is 0 Å². The Kier molecular flexibility index (Phi) is 4.83. The number of ketones is 1. The van der Waals surface area contributed by atoms with Crippen LogP contribution in [0.1, 0.15) is 41.2 Å². The van der Waals surface area contributed by atoms with Gasteiger partial charge in [0.2, 0.25) is 0 Å². The highest BCUT2D eigenvalue weighted by molar-refractivity contribution is 6.30. The fourth-order valence-corrected chi connectivity index (χ4v) is 3.77. The summed E-state index contributed by atoms with van der Waals surface area (Å²) >= 11 is 6.24. The van der Waals surface area contributed by atoms with Gasteiger partial charge in [-0.3, -0.25) is 4.79 Å². The summed E-state index contributed by atoms with van der Waals surface area (Å²) in [4.78, 5) is 12.6. The molecule has 0 aliphatic carbocycles. The second kappa shape index (κ2) is 7.42. The highest BCUT2D eigenvalue weighted by Gasteiger charge is 2.34. The quantitative estimate of drug-likeness (QED) is 0.537. The Hall–Kier alpha value is -2.84. The number of rotatable bonds is 4. The van der Waals surface area contributed by atoms with E-state index >= 15 is 0 Å². The van der Waals surface area contributed by atoms with Crippen LogP contribution < -0.4 is 0 Å². The highest BCUT2D eigenvalue weighted by atomic mass is 35.5. The smallest absolute Gasteiger partial charge is 0.141 e. The van der Waals surface area contributed by atoms with E-state index in [0.29, 0.717) is 5.02 Å². The van der Waals surface area contributed by atoms with Crippen LogP contribution in [0.15, 0.2) is 78.9 Å². The molecular weight excluding hydrogens is 356 g/mol. The minimum absolute atomic E-state index is 0.0708. The van der Waals surface area contributed by atoms with Crippen molar-refractivity contribution in [3.63, 3.8) is 0 Å². The lowest BCUT2D eigenvalue weighted by Crippen LogP contribution is -2.23. The third kappa shape index (κ3) is 3.54. The van der Waals surface area contributed by atoms with Crippen molar-refractivity contribution in [1.29, 1.82) is 0 Å². The van der Waals surface area contributed by atoms with Crippen molar-refractivity contribution in [1.82, 2.24) is 0 Å². The molecule has 0 amide bonds. The van der Waals surface area contributed by atoms with Gasteiger partial charge in [-0.2, -0.15) is 0 Å². The molecule has 3 aromatic rings. The molecule has 0 fully saturated rings. The Balaban J connectivity index is 1.85. The molecule has 0 saturated carbocycles. The van der Waals surface area contributed by atoms with Crippen LogP contribution in [-0.4, -0.2) is 5.78 Å². The van der Waals surface area contributed by atoms with Gasteiger partial charge >= 0.3 is 0 Å². The van der Waals surface area contributed by atoms with Gasteiger partial charge in [-0.15, -0.1) is 0 Å². The fourth-order valence-electron chi connectivity index (χ4n) is 3.59. The summed E-state index contributed by atoms with van der Waals surface area (Å²) in [6.07, 6.45) is 1.59. The second-order valence-electron chi connectivity index (χ2n) is 6.69. The number of benzene rings is 3. The van der Waals surface area contributed by atoms with Gasteiger partial charge < -0.3 is 4.74 Å². The summed E-state index contributed by atoms with van der Waals surface area (Å²) in [5.74, 6) is 0.428. The Morgan fingerprint density at radius 2 is 1.63 bits per heavy atom. The van der Waals surface area contributed by atoms with Gasteiger partial charge in [-0.05, 0) is 36.3 Å². The minimum atomic E-state index is -0.405. The largest absolute Gasteiger partial charge is 0.484 e. The van der Waals surface area contributed by atoms with Crippen LogP contribution in [0, 0.1) is 0 Å². The predicted octanol–water partition coefficient (Wildman–Crippen LogP) is 6.28. The molecule has 0 radical (unpaired) electrons. The first kappa shape index (κ1) is 17.6. The Bertz CT molecular complexity index is 993. The molecule has 0 spiro atoms. The zero-order valence-corrected chi connectivity index (χ0v) is 15.7. The van der Waals surface area contributed by atoms with Crippen molar-refractivity contribution in [3.05, 3.63) is 106 Å². The molecule has 2 nitrogen and oxygen atoms in total. The molecule has 0 aromatic heterocycles. The summed E-state index contributed by atoms with van der Waals surface area (Å²) in [6.45, 7) is 1.62. The Morgan fingerprint density at radius 1 is 0.963 bits per heavy atom. The molecule has 2 unspecified atom stereocenters. The normalized spacial score (nSPS) is 16.7. The van der Waals surface area contributed by atoms with Crippen LogP contribution in [-0.2, 0) is 9.53 Å². The first-order valence-corrected chi connectivity index (χ1v) is 9.30. The summed E-state index contributed by atoms with van der Waals surface area (Å²) in [5.41, 5.74) is 3.89. The van der Waals surface area contributed by atoms with E-state index in [0.717, 1.165) is 28.0 Å². The van der Waals surface area contributed by atoms with Crippen molar-refractivity contribution in [3.8, 4) is 0 Å². The topological polar surface area (TPSA) is 26.3 Å². The molecule has 3 heteroatoms. The van der Waals surface area contributed by atoms with Crippen molar-refractivity contribution in [2.45, 2.75) is 18.9 Å². The molecule has 27 heavy (non-hydrogen) atoms. The molecule has 4 rings (SSSR count). The number of hydrogen-bond acceptors (Lipinski definition) is 2. The number of carbonyl (C=O) groups excluding carboxylic acids is 1. The highest BCUT2D eigenvalue weighted by Crippen LogP contribution is 2.44. The number of carbonyl (C=O) groups is 1. The lowest BCUT2D eigenvalue weighted by atomic mass is 9.83. The summed E-state index contributed by atoms with van der Waals surface area (Å²) in [6, 6.07) is 25.5. The first-order valence-electron chi connectivity index (χ1n) is 8.92. The van der Waals surface area contributed by atoms with Crippen molar-refractivity contribution >= 4 is 29.2 Å². The second-order valence-corrected chi connectivity index (χ2v) is 7.12. The number of fused-ring (bicyclic) bond motifs is 1. The van der Waals surface area contributed by atoms with E-state index < -0.39 is 12.0 Å². The summed E-state index contributed by atoms with van der Waals surface area (Å²) < 4.78 is 6.41. The standard InChI is InChI=1S/C24H19ClO2/c1-16(26)23(18-10-6-3-7-11-18)24-21-13-12-20(25)14-19(21)15-22(27-24)17-8-4-2-5-9-17/h2-15,23-24H,1H3. The van der Waals surface area contributed by atoms with Gasteiger partial charge in [0.1, 0.15) is 17.6 Å². The van der Waals surface area contributed by atoms with E-state index in [-0.39, 0.29) is 5.78 Å². The van der Waals surface area contributed by atoms with Crippen LogP contribution in [0.3, 0.4) is 0 Å². The van der Waals surface area contributed by atoms with Gasteiger partial charge in [0.25, 0.3) is 0 Å². The lowest BCUT2D eigenvalue weighted by Gasteiger charge is -2.32.